The number of nitrogens with one attached hydrogen (secondary N) is 1. The van der Waals surface area contributed by atoms with Gasteiger partial charge in [0.05, 0.1) is 10.7 Å². The highest BCUT2D eigenvalue weighted by Crippen LogP contribution is 2.28. The van der Waals surface area contributed by atoms with E-state index >= 15 is 0 Å². The van der Waals surface area contributed by atoms with E-state index in [4.69, 9.17) is 11.6 Å². The first-order valence-corrected chi connectivity index (χ1v) is 8.17. The average Bonchev–Trinajstić information content (AvgIpc) is 2.39. The van der Waals surface area contributed by atoms with Crippen molar-refractivity contribution in [1.82, 2.24) is 4.98 Å². The second-order valence-electron chi connectivity index (χ2n) is 4.04. The van der Waals surface area contributed by atoms with Crippen LogP contribution in [0.4, 0.5) is 14.6 Å². The topological polar surface area (TPSA) is 59.1 Å². The van der Waals surface area contributed by atoms with E-state index in [0.29, 0.717) is 16.2 Å². The number of nitrogens with zero attached hydrogens (tertiary/aromatic N) is 1. The van der Waals surface area contributed by atoms with Gasteiger partial charge in [-0.1, -0.05) is 11.6 Å². The molecule has 2 aromatic rings. The Morgan fingerprint density at radius 3 is 2.52 bits per heavy atom. The first-order chi connectivity index (χ1) is 9.72. The molecule has 0 aliphatic carbocycles. The normalized spacial score (nSPS) is 11.5. The van der Waals surface area contributed by atoms with Crippen molar-refractivity contribution >= 4 is 43.4 Å². The summed E-state index contributed by atoms with van der Waals surface area (Å²) < 4.78 is 53.5. The second-order valence-corrected chi connectivity index (χ2v) is 6.93. The zero-order chi connectivity index (χ0) is 15.8. The Morgan fingerprint density at radius 2 is 1.90 bits per heavy atom. The molecule has 0 aliphatic rings. The van der Waals surface area contributed by atoms with E-state index in [0.717, 1.165) is 6.07 Å². The van der Waals surface area contributed by atoms with Gasteiger partial charge in [-0.15, -0.1) is 0 Å². The SMILES string of the molecule is Cc1nc(NS(=O)(=O)c2ccc(F)c(F)c2Cl)ccc1Br. The summed E-state index contributed by atoms with van der Waals surface area (Å²) in [4.78, 5) is 3.44. The standard InChI is InChI=1S/C12H8BrClF2N2O2S/c1-6-7(13)2-5-10(17-6)18-21(19,20)9-4-3-8(15)12(16)11(9)14/h2-5H,1H3,(H,17,18). The Bertz CT molecular complexity index is 815. The number of aryl methyl sites for hydroxylation is 1. The highest BCUT2D eigenvalue weighted by molar-refractivity contribution is 9.10. The van der Waals surface area contributed by atoms with Gasteiger partial charge in [-0.25, -0.2) is 22.2 Å². The van der Waals surface area contributed by atoms with Crippen molar-refractivity contribution in [2.24, 2.45) is 0 Å². The van der Waals surface area contributed by atoms with Gasteiger partial charge in [-0.2, -0.15) is 0 Å². The first-order valence-electron chi connectivity index (χ1n) is 5.52. The molecule has 1 aromatic carbocycles. The Hall–Kier alpha value is -1.25. The van der Waals surface area contributed by atoms with Gasteiger partial charge in [-0.05, 0) is 47.1 Å². The van der Waals surface area contributed by atoms with Crippen molar-refractivity contribution in [1.29, 1.82) is 0 Å². The van der Waals surface area contributed by atoms with E-state index in [1.54, 1.807) is 13.0 Å². The lowest BCUT2D eigenvalue weighted by Crippen LogP contribution is -2.15. The predicted octanol–water partition coefficient (Wildman–Crippen LogP) is 3.88. The smallest absolute Gasteiger partial charge is 0.263 e. The van der Waals surface area contributed by atoms with Gasteiger partial charge < -0.3 is 0 Å². The Balaban J connectivity index is 2.43. The van der Waals surface area contributed by atoms with Gasteiger partial charge >= 0.3 is 0 Å². The summed E-state index contributed by atoms with van der Waals surface area (Å²) in [5.74, 6) is -2.60. The minimum absolute atomic E-state index is 0.0384. The van der Waals surface area contributed by atoms with Crippen LogP contribution in [-0.4, -0.2) is 13.4 Å². The zero-order valence-corrected chi connectivity index (χ0v) is 13.7. The molecule has 0 atom stereocenters. The summed E-state index contributed by atoms with van der Waals surface area (Å²) in [6.45, 7) is 1.67. The van der Waals surface area contributed by atoms with Crippen molar-refractivity contribution in [3.8, 4) is 0 Å². The highest BCUT2D eigenvalue weighted by Gasteiger charge is 2.23. The third-order valence-electron chi connectivity index (χ3n) is 2.55. The van der Waals surface area contributed by atoms with Crippen molar-refractivity contribution in [2.45, 2.75) is 11.8 Å². The van der Waals surface area contributed by atoms with Crippen molar-refractivity contribution < 1.29 is 17.2 Å². The molecule has 0 spiro atoms. The van der Waals surface area contributed by atoms with Crippen LogP contribution in [-0.2, 0) is 10.0 Å². The fourth-order valence-electron chi connectivity index (χ4n) is 1.51. The molecule has 1 heterocycles. The number of sulfonamides is 1. The molecular formula is C12H8BrClF2N2O2S. The molecule has 0 bridgehead atoms. The molecule has 1 aromatic heterocycles. The fraction of sp³-hybridized carbons (Fsp3) is 0.0833. The molecule has 2 rings (SSSR count). The van der Waals surface area contributed by atoms with Crippen LogP contribution in [0.3, 0.4) is 0 Å². The van der Waals surface area contributed by atoms with E-state index in [1.807, 2.05) is 0 Å². The zero-order valence-electron chi connectivity index (χ0n) is 10.5. The van der Waals surface area contributed by atoms with Gasteiger partial charge in [0.25, 0.3) is 10.0 Å². The van der Waals surface area contributed by atoms with Crippen LogP contribution < -0.4 is 4.72 Å². The van der Waals surface area contributed by atoms with Crippen LogP contribution in [0.2, 0.25) is 5.02 Å². The fourth-order valence-corrected chi connectivity index (χ4v) is 3.26. The Labute approximate surface area is 133 Å². The maximum absolute atomic E-state index is 13.4. The summed E-state index contributed by atoms with van der Waals surface area (Å²) in [7, 11) is -4.18. The second kappa shape index (κ2) is 5.86. The number of benzene rings is 1. The number of rotatable bonds is 3. The molecule has 0 aliphatic heterocycles. The van der Waals surface area contributed by atoms with E-state index in [-0.39, 0.29) is 5.82 Å². The van der Waals surface area contributed by atoms with Crippen molar-refractivity contribution in [3.05, 3.63) is 51.1 Å². The number of hydrogen-bond acceptors (Lipinski definition) is 3. The highest BCUT2D eigenvalue weighted by atomic mass is 79.9. The summed E-state index contributed by atoms with van der Waals surface area (Å²) in [5.41, 5.74) is 0.562. The minimum atomic E-state index is -4.18. The van der Waals surface area contributed by atoms with Crippen LogP contribution in [0, 0.1) is 18.6 Å². The molecule has 4 nitrogen and oxygen atoms in total. The van der Waals surface area contributed by atoms with Crippen molar-refractivity contribution in [2.75, 3.05) is 4.72 Å². The van der Waals surface area contributed by atoms with Gasteiger partial charge in [-0.3, -0.25) is 4.72 Å². The first kappa shape index (κ1) is 16.1. The minimum Gasteiger partial charge on any atom is -0.263 e. The monoisotopic (exact) mass is 396 g/mol. The maximum Gasteiger partial charge on any atom is 0.264 e. The van der Waals surface area contributed by atoms with Gasteiger partial charge in [0.15, 0.2) is 11.6 Å². The van der Waals surface area contributed by atoms with Gasteiger partial charge in [0, 0.05) is 4.47 Å². The van der Waals surface area contributed by atoms with Crippen LogP contribution in [0.25, 0.3) is 0 Å². The maximum atomic E-state index is 13.4. The molecule has 1 N–H and O–H groups in total. The van der Waals surface area contributed by atoms with E-state index in [9.17, 15) is 17.2 Å². The predicted molar refractivity (Wildman–Crippen MR) is 78.9 cm³/mol. The van der Waals surface area contributed by atoms with Gasteiger partial charge in [0.1, 0.15) is 10.7 Å². The summed E-state index contributed by atoms with van der Waals surface area (Å²) >= 11 is 8.77. The largest absolute Gasteiger partial charge is 0.264 e. The molecule has 0 amide bonds. The lowest BCUT2D eigenvalue weighted by Gasteiger charge is -2.10. The number of halogens is 4. The lowest BCUT2D eigenvalue weighted by atomic mass is 10.3. The summed E-state index contributed by atoms with van der Waals surface area (Å²) in [5, 5.41) is -0.809. The quantitative estimate of drug-likeness (QED) is 0.800. The van der Waals surface area contributed by atoms with Crippen LogP contribution in [0.1, 0.15) is 5.69 Å². The molecule has 9 heteroatoms. The number of pyridine rings is 1. The summed E-state index contributed by atoms with van der Waals surface area (Å²) in [6.07, 6.45) is 0. The molecule has 0 saturated carbocycles. The number of hydrogen-bond donors (Lipinski definition) is 1. The molecule has 0 fully saturated rings. The van der Waals surface area contributed by atoms with Gasteiger partial charge in [0.2, 0.25) is 0 Å². The molecule has 0 unspecified atom stereocenters. The van der Waals surface area contributed by atoms with Crippen molar-refractivity contribution in [3.63, 3.8) is 0 Å². The number of anilines is 1. The third kappa shape index (κ3) is 3.33. The molecule has 21 heavy (non-hydrogen) atoms. The molecule has 112 valence electrons. The molecular weight excluding hydrogens is 390 g/mol. The van der Waals surface area contributed by atoms with Crippen LogP contribution >= 0.6 is 27.5 Å². The molecule has 0 radical (unpaired) electrons. The number of aromatic nitrogens is 1. The third-order valence-corrected chi connectivity index (χ3v) is 5.27. The van der Waals surface area contributed by atoms with E-state index < -0.39 is 31.6 Å². The summed E-state index contributed by atoms with van der Waals surface area (Å²) in [6, 6.07) is 4.60. The average molecular weight is 398 g/mol. The van der Waals surface area contributed by atoms with Crippen LogP contribution in [0.5, 0.6) is 0 Å². The lowest BCUT2D eigenvalue weighted by molar-refractivity contribution is 0.505. The van der Waals surface area contributed by atoms with E-state index in [2.05, 4.69) is 25.6 Å². The van der Waals surface area contributed by atoms with Crippen LogP contribution in [0.15, 0.2) is 33.6 Å². The Kier molecular flexibility index (Phi) is 4.50. The Morgan fingerprint density at radius 1 is 1.24 bits per heavy atom. The van der Waals surface area contributed by atoms with E-state index in [1.165, 1.54) is 6.07 Å². The molecule has 0 saturated heterocycles.